The first-order valence-electron chi connectivity index (χ1n) is 12.2. The number of amides is 2. The van der Waals surface area contributed by atoms with Crippen LogP contribution in [-0.4, -0.2) is 37.7 Å². The van der Waals surface area contributed by atoms with E-state index in [1.54, 1.807) is 21.7 Å². The Morgan fingerprint density at radius 2 is 1.83 bits per heavy atom. The number of halogens is 1. The predicted octanol–water partition coefficient (Wildman–Crippen LogP) is 4.85. The van der Waals surface area contributed by atoms with Gasteiger partial charge in [-0.2, -0.15) is 0 Å². The van der Waals surface area contributed by atoms with Crippen molar-refractivity contribution in [3.05, 3.63) is 82.3 Å². The molecule has 1 atom stereocenters. The molecular formula is C27H28FN5O2S. The average Bonchev–Trinajstić information content (AvgIpc) is 3.56. The van der Waals surface area contributed by atoms with Crippen molar-refractivity contribution in [2.45, 2.75) is 57.3 Å². The summed E-state index contributed by atoms with van der Waals surface area (Å²) in [6.45, 7) is 0.0900. The van der Waals surface area contributed by atoms with Gasteiger partial charge in [0.05, 0.1) is 5.52 Å². The summed E-state index contributed by atoms with van der Waals surface area (Å²) in [5.41, 5.74) is 2.17. The van der Waals surface area contributed by atoms with Crippen LogP contribution in [0.15, 0.2) is 66.0 Å². The van der Waals surface area contributed by atoms with Gasteiger partial charge in [-0.1, -0.05) is 54.8 Å². The lowest BCUT2D eigenvalue weighted by atomic mass is 9.95. The van der Waals surface area contributed by atoms with E-state index in [4.69, 9.17) is 0 Å². The van der Waals surface area contributed by atoms with Crippen LogP contribution in [0.4, 0.5) is 4.39 Å². The Morgan fingerprint density at radius 3 is 2.58 bits per heavy atom. The maximum atomic E-state index is 13.8. The highest BCUT2D eigenvalue weighted by atomic mass is 32.1. The number of benzene rings is 2. The van der Waals surface area contributed by atoms with Gasteiger partial charge in [0.25, 0.3) is 0 Å². The van der Waals surface area contributed by atoms with E-state index in [0.29, 0.717) is 5.52 Å². The van der Waals surface area contributed by atoms with Gasteiger partial charge in [0.1, 0.15) is 23.9 Å². The largest absolute Gasteiger partial charge is 0.351 e. The Balaban J connectivity index is 1.48. The molecule has 1 fully saturated rings. The van der Waals surface area contributed by atoms with Crippen molar-refractivity contribution < 1.29 is 14.0 Å². The summed E-state index contributed by atoms with van der Waals surface area (Å²) in [6, 6.07) is 16.5. The average molecular weight is 506 g/mol. The number of fused-ring (bicyclic) bond motifs is 1. The molecule has 2 aromatic heterocycles. The van der Waals surface area contributed by atoms with Gasteiger partial charge >= 0.3 is 0 Å². The first-order chi connectivity index (χ1) is 17.6. The molecule has 186 valence electrons. The van der Waals surface area contributed by atoms with Crippen molar-refractivity contribution in [1.29, 1.82) is 0 Å². The maximum absolute atomic E-state index is 13.8. The van der Waals surface area contributed by atoms with Crippen molar-refractivity contribution >= 4 is 34.2 Å². The van der Waals surface area contributed by atoms with Crippen LogP contribution in [0, 0.1) is 5.82 Å². The summed E-state index contributed by atoms with van der Waals surface area (Å²) < 4.78 is 15.1. The Kier molecular flexibility index (Phi) is 7.36. The van der Waals surface area contributed by atoms with Crippen molar-refractivity contribution in [1.82, 2.24) is 25.2 Å². The van der Waals surface area contributed by atoms with Crippen LogP contribution in [0.1, 0.15) is 48.6 Å². The molecule has 4 aromatic rings. The maximum Gasteiger partial charge on any atom is 0.248 e. The third-order valence-corrected chi connectivity index (χ3v) is 7.54. The van der Waals surface area contributed by atoms with Crippen molar-refractivity contribution in [3.63, 3.8) is 0 Å². The first kappa shape index (κ1) is 24.1. The first-order valence-corrected chi connectivity index (χ1v) is 13.1. The molecule has 1 N–H and O–H groups in total. The Labute approximate surface area is 212 Å². The molecule has 0 radical (unpaired) electrons. The third-order valence-electron chi connectivity index (χ3n) is 6.62. The van der Waals surface area contributed by atoms with Gasteiger partial charge in [0.15, 0.2) is 0 Å². The van der Waals surface area contributed by atoms with Gasteiger partial charge in [0.2, 0.25) is 11.8 Å². The smallest absolute Gasteiger partial charge is 0.248 e. The number of carbonyl (C=O) groups excluding carboxylic acids is 2. The van der Waals surface area contributed by atoms with E-state index < -0.39 is 6.04 Å². The predicted molar refractivity (Wildman–Crippen MR) is 137 cm³/mol. The van der Waals surface area contributed by atoms with E-state index in [1.165, 1.54) is 29.9 Å². The second-order valence-electron chi connectivity index (χ2n) is 9.15. The van der Waals surface area contributed by atoms with Gasteiger partial charge in [0, 0.05) is 17.5 Å². The van der Waals surface area contributed by atoms with Crippen LogP contribution in [0.3, 0.4) is 0 Å². The number of nitrogens with zero attached hydrogens (tertiary/aromatic N) is 4. The number of thiophene rings is 1. The van der Waals surface area contributed by atoms with Crippen molar-refractivity contribution in [2.24, 2.45) is 0 Å². The molecule has 0 saturated heterocycles. The summed E-state index contributed by atoms with van der Waals surface area (Å²) in [5, 5.41) is 13.4. The van der Waals surface area contributed by atoms with Gasteiger partial charge in [-0.25, -0.2) is 9.07 Å². The van der Waals surface area contributed by atoms with Gasteiger partial charge in [-0.15, -0.1) is 16.4 Å². The zero-order valence-corrected chi connectivity index (χ0v) is 20.7. The van der Waals surface area contributed by atoms with Crippen molar-refractivity contribution in [3.8, 4) is 0 Å². The van der Waals surface area contributed by atoms with E-state index in [-0.39, 0.29) is 36.8 Å². The van der Waals surface area contributed by atoms with E-state index in [0.717, 1.165) is 41.6 Å². The molecule has 2 amide bonds. The minimum absolute atomic E-state index is 0.0692. The molecule has 0 bridgehead atoms. The van der Waals surface area contributed by atoms with Crippen LogP contribution in [0.5, 0.6) is 0 Å². The minimum Gasteiger partial charge on any atom is -0.351 e. The summed E-state index contributed by atoms with van der Waals surface area (Å²) in [5.74, 6) is -0.814. The number of aromatic nitrogens is 3. The van der Waals surface area contributed by atoms with Crippen LogP contribution >= 0.6 is 11.3 Å². The summed E-state index contributed by atoms with van der Waals surface area (Å²) in [7, 11) is 0. The number of rotatable bonds is 8. The van der Waals surface area contributed by atoms with E-state index >= 15 is 0 Å². The lowest BCUT2D eigenvalue weighted by molar-refractivity contribution is -0.142. The van der Waals surface area contributed by atoms with Gasteiger partial charge < -0.3 is 10.2 Å². The van der Waals surface area contributed by atoms with E-state index in [9.17, 15) is 14.0 Å². The Morgan fingerprint density at radius 1 is 1.06 bits per heavy atom. The lowest BCUT2D eigenvalue weighted by Gasteiger charge is -2.33. The fourth-order valence-electron chi connectivity index (χ4n) is 4.76. The highest BCUT2D eigenvalue weighted by Gasteiger charge is 2.34. The topological polar surface area (TPSA) is 80.1 Å². The zero-order chi connectivity index (χ0) is 24.9. The highest BCUT2D eigenvalue weighted by molar-refractivity contribution is 7.10. The van der Waals surface area contributed by atoms with E-state index in [1.807, 2.05) is 41.8 Å². The summed E-state index contributed by atoms with van der Waals surface area (Å²) >= 11 is 1.44. The molecule has 1 aliphatic carbocycles. The molecule has 9 heteroatoms. The van der Waals surface area contributed by atoms with Crippen molar-refractivity contribution in [2.75, 3.05) is 0 Å². The molecule has 1 aliphatic rings. The Bertz CT molecular complexity index is 1320. The molecule has 36 heavy (non-hydrogen) atoms. The Hall–Kier alpha value is -3.59. The molecule has 2 aromatic carbocycles. The number of nitrogens with one attached hydrogen (secondary N) is 1. The number of para-hydroxylation sites is 1. The fraction of sp³-hybridized carbons (Fsp3) is 0.333. The molecule has 5 rings (SSSR count). The quantitative estimate of drug-likeness (QED) is 0.371. The normalized spacial score (nSPS) is 15.0. The van der Waals surface area contributed by atoms with Crippen LogP contribution in [0.2, 0.25) is 0 Å². The molecule has 0 aliphatic heterocycles. The monoisotopic (exact) mass is 505 g/mol. The SMILES string of the molecule is O=C(NC1CCCCC1)[C@@H](c1cccs1)N(Cc1ccc(F)cc1)C(=O)Cn1nnc2ccccc21. The molecule has 7 nitrogen and oxygen atoms in total. The fourth-order valence-corrected chi connectivity index (χ4v) is 5.60. The number of carbonyl (C=O) groups is 2. The van der Waals surface area contributed by atoms with Gasteiger partial charge in [-0.05, 0) is 54.1 Å². The number of hydrogen-bond acceptors (Lipinski definition) is 5. The third kappa shape index (κ3) is 5.46. The molecular weight excluding hydrogens is 477 g/mol. The lowest BCUT2D eigenvalue weighted by Crippen LogP contribution is -2.47. The van der Waals surface area contributed by atoms with E-state index in [2.05, 4.69) is 15.6 Å². The molecule has 1 saturated carbocycles. The standard InChI is InChI=1S/C27H28FN5O2S/c28-20-14-12-19(13-15-20)17-32(25(34)18-33-23-10-5-4-9-22(23)30-31-33)26(24-11-6-16-36-24)27(35)29-21-7-2-1-3-8-21/h4-6,9-16,21,26H,1-3,7-8,17-18H2,(H,29,35)/t26-/m1/s1. The van der Waals surface area contributed by atoms with Gasteiger partial charge in [-0.3, -0.25) is 9.59 Å². The molecule has 0 unspecified atom stereocenters. The summed E-state index contributed by atoms with van der Waals surface area (Å²) in [4.78, 5) is 29.9. The summed E-state index contributed by atoms with van der Waals surface area (Å²) in [6.07, 6.45) is 5.25. The molecule has 2 heterocycles. The zero-order valence-electron chi connectivity index (χ0n) is 19.8. The van der Waals surface area contributed by atoms with Crippen LogP contribution < -0.4 is 5.32 Å². The van der Waals surface area contributed by atoms with Crippen LogP contribution in [-0.2, 0) is 22.7 Å². The second kappa shape index (κ2) is 11.0. The van der Waals surface area contributed by atoms with Crippen LogP contribution in [0.25, 0.3) is 11.0 Å². The highest BCUT2D eigenvalue weighted by Crippen LogP contribution is 2.29. The second-order valence-corrected chi connectivity index (χ2v) is 10.1. The minimum atomic E-state index is -0.806. The molecule has 0 spiro atoms. The number of hydrogen-bond donors (Lipinski definition) is 1.